The van der Waals surface area contributed by atoms with Gasteiger partial charge in [0.25, 0.3) is 11.6 Å². The predicted octanol–water partition coefficient (Wildman–Crippen LogP) is 4.03. The molecule has 3 aromatic rings. The van der Waals surface area contributed by atoms with E-state index in [0.29, 0.717) is 27.7 Å². The van der Waals surface area contributed by atoms with Gasteiger partial charge in [0.1, 0.15) is 12.0 Å². The molecule has 0 bridgehead atoms. The molecule has 1 saturated heterocycles. The number of rotatable bonds is 4. The van der Waals surface area contributed by atoms with E-state index in [-0.39, 0.29) is 5.69 Å². The number of halogens is 1. The Balaban J connectivity index is 1.61. The minimum absolute atomic E-state index is 0.0690. The van der Waals surface area contributed by atoms with Gasteiger partial charge >= 0.3 is 0 Å². The monoisotopic (exact) mass is 446 g/mol. The molecule has 158 valence electrons. The van der Waals surface area contributed by atoms with Crippen molar-refractivity contribution in [2.75, 3.05) is 9.91 Å². The first-order valence-corrected chi connectivity index (χ1v) is 10.1. The topological polar surface area (TPSA) is 96.1 Å². The molecule has 2 aliphatic heterocycles. The number of hydrazone groups is 1. The molecule has 0 aliphatic carbocycles. The molecule has 8 nitrogen and oxygen atoms in total. The molecule has 9 heteroatoms. The molecule has 3 aromatic carbocycles. The lowest BCUT2D eigenvalue weighted by Crippen LogP contribution is -2.39. The second-order valence-corrected chi connectivity index (χ2v) is 7.82. The van der Waals surface area contributed by atoms with Crippen LogP contribution in [0.5, 0.6) is 0 Å². The van der Waals surface area contributed by atoms with Gasteiger partial charge in [-0.3, -0.25) is 24.7 Å². The molecular weight excluding hydrogens is 432 g/mol. The lowest BCUT2D eigenvalue weighted by Gasteiger charge is -2.22. The number of hydrogen-bond acceptors (Lipinski definition) is 6. The van der Waals surface area contributed by atoms with Crippen LogP contribution in [0.3, 0.4) is 0 Å². The number of hydrogen-bond donors (Lipinski definition) is 0. The first kappa shape index (κ1) is 19.9. The maximum absolute atomic E-state index is 13.5. The molecule has 2 atom stereocenters. The number of carbonyl (C=O) groups is 2. The third kappa shape index (κ3) is 3.12. The van der Waals surface area contributed by atoms with E-state index < -0.39 is 28.7 Å². The van der Waals surface area contributed by atoms with Crippen LogP contribution in [0.1, 0.15) is 5.56 Å². The zero-order chi connectivity index (χ0) is 22.4. The van der Waals surface area contributed by atoms with Crippen LogP contribution in [0.2, 0.25) is 5.02 Å². The summed E-state index contributed by atoms with van der Waals surface area (Å²) in [5.74, 6) is -1.65. The summed E-state index contributed by atoms with van der Waals surface area (Å²) in [6.07, 6.45) is 0. The molecule has 0 radical (unpaired) electrons. The van der Waals surface area contributed by atoms with Crippen molar-refractivity contribution in [3.63, 3.8) is 0 Å². The average molecular weight is 447 g/mol. The highest BCUT2D eigenvalue weighted by molar-refractivity contribution is 6.34. The molecular formula is C23H15ClN4O4. The molecule has 1 fully saturated rings. The Hall–Kier alpha value is -4.04. The first-order valence-electron chi connectivity index (χ1n) is 9.76. The molecule has 0 saturated carbocycles. The molecule has 0 N–H and O–H groups in total. The zero-order valence-corrected chi connectivity index (χ0v) is 17.2. The number of amides is 2. The second-order valence-electron chi connectivity index (χ2n) is 7.38. The van der Waals surface area contributed by atoms with Crippen molar-refractivity contribution in [1.29, 1.82) is 0 Å². The summed E-state index contributed by atoms with van der Waals surface area (Å²) in [7, 11) is 0. The van der Waals surface area contributed by atoms with Crippen LogP contribution in [0.4, 0.5) is 17.1 Å². The van der Waals surface area contributed by atoms with Gasteiger partial charge in [-0.25, -0.2) is 4.90 Å². The van der Waals surface area contributed by atoms with E-state index in [9.17, 15) is 19.7 Å². The van der Waals surface area contributed by atoms with Gasteiger partial charge < -0.3 is 0 Å². The second kappa shape index (κ2) is 7.58. The van der Waals surface area contributed by atoms with Gasteiger partial charge in [0.2, 0.25) is 5.91 Å². The standard InChI is InChI=1S/C23H15ClN4O4/c24-15-8-12-16(13-9-15)26-22(29)19-20(14-6-10-18(11-7-14)28(31)32)25-27(21(19)23(26)30)17-4-2-1-3-5-17/h1-13,19,21H/t19-,21-/m1/s1. The molecule has 32 heavy (non-hydrogen) atoms. The molecule has 0 aromatic heterocycles. The number of para-hydroxylation sites is 1. The van der Waals surface area contributed by atoms with Gasteiger partial charge in [-0.2, -0.15) is 5.10 Å². The molecule has 2 aliphatic rings. The Morgan fingerprint density at radius 3 is 2.12 bits per heavy atom. The van der Waals surface area contributed by atoms with E-state index in [1.54, 1.807) is 41.4 Å². The molecule has 5 rings (SSSR count). The highest BCUT2D eigenvalue weighted by Gasteiger charge is 2.57. The maximum atomic E-state index is 13.5. The van der Waals surface area contributed by atoms with Crippen molar-refractivity contribution < 1.29 is 14.5 Å². The average Bonchev–Trinajstić information content (AvgIpc) is 3.32. The fourth-order valence-corrected chi connectivity index (χ4v) is 4.17. The summed E-state index contributed by atoms with van der Waals surface area (Å²) in [5.41, 5.74) is 1.96. The lowest BCUT2D eigenvalue weighted by atomic mass is 9.92. The van der Waals surface area contributed by atoms with Gasteiger partial charge in [-0.1, -0.05) is 29.8 Å². The van der Waals surface area contributed by atoms with Gasteiger partial charge in [0, 0.05) is 17.2 Å². The van der Waals surface area contributed by atoms with Crippen LogP contribution >= 0.6 is 11.6 Å². The van der Waals surface area contributed by atoms with Crippen molar-refractivity contribution in [3.05, 3.63) is 99.6 Å². The molecule has 0 unspecified atom stereocenters. The Morgan fingerprint density at radius 2 is 1.50 bits per heavy atom. The zero-order valence-electron chi connectivity index (χ0n) is 16.5. The van der Waals surface area contributed by atoms with Crippen molar-refractivity contribution in [1.82, 2.24) is 0 Å². The van der Waals surface area contributed by atoms with Crippen molar-refractivity contribution in [2.45, 2.75) is 6.04 Å². The fraction of sp³-hybridized carbons (Fsp3) is 0.0870. The number of non-ortho nitro benzene ring substituents is 1. The van der Waals surface area contributed by atoms with Crippen LogP contribution in [0, 0.1) is 16.0 Å². The van der Waals surface area contributed by atoms with Crippen molar-refractivity contribution >= 4 is 46.2 Å². The van der Waals surface area contributed by atoms with Gasteiger partial charge in [0.05, 0.1) is 22.0 Å². The van der Waals surface area contributed by atoms with Crippen molar-refractivity contribution in [2.24, 2.45) is 11.0 Å². The van der Waals surface area contributed by atoms with E-state index in [2.05, 4.69) is 5.10 Å². The normalized spacial score (nSPS) is 19.8. The highest BCUT2D eigenvalue weighted by atomic mass is 35.5. The third-order valence-electron chi connectivity index (χ3n) is 5.53. The molecule has 2 heterocycles. The van der Waals surface area contributed by atoms with Crippen LogP contribution in [-0.2, 0) is 9.59 Å². The van der Waals surface area contributed by atoms with E-state index in [4.69, 9.17) is 11.6 Å². The smallest absolute Gasteiger partial charge is 0.269 e. The predicted molar refractivity (Wildman–Crippen MR) is 120 cm³/mol. The van der Waals surface area contributed by atoms with E-state index in [1.807, 2.05) is 30.3 Å². The Kier molecular flexibility index (Phi) is 4.71. The summed E-state index contributed by atoms with van der Waals surface area (Å²) in [4.78, 5) is 38.6. The minimum atomic E-state index is -0.856. The Bertz CT molecular complexity index is 1260. The number of benzene rings is 3. The van der Waals surface area contributed by atoms with E-state index in [1.165, 1.54) is 12.1 Å². The van der Waals surface area contributed by atoms with Gasteiger partial charge in [0.15, 0.2) is 0 Å². The van der Waals surface area contributed by atoms with Crippen LogP contribution in [0.15, 0.2) is 84.0 Å². The number of anilines is 2. The summed E-state index contributed by atoms with van der Waals surface area (Å²) in [6, 6.07) is 20.5. The van der Waals surface area contributed by atoms with Gasteiger partial charge in [-0.05, 0) is 54.1 Å². The maximum Gasteiger partial charge on any atom is 0.269 e. The quantitative estimate of drug-likeness (QED) is 0.342. The van der Waals surface area contributed by atoms with E-state index in [0.717, 1.165) is 4.90 Å². The number of nitro groups is 1. The number of carbonyl (C=O) groups excluding carboxylic acids is 2. The largest absolute Gasteiger partial charge is 0.273 e. The SMILES string of the molecule is O=C1[C@@H]2C(c3ccc([N+](=O)[O-])cc3)=NN(c3ccccc3)[C@H]2C(=O)N1c1ccc(Cl)cc1. The number of nitrogens with zero attached hydrogens (tertiary/aromatic N) is 4. The summed E-state index contributed by atoms with van der Waals surface area (Å²) >= 11 is 5.96. The van der Waals surface area contributed by atoms with E-state index >= 15 is 0 Å². The first-order chi connectivity index (χ1) is 15.5. The molecule has 2 amide bonds. The lowest BCUT2D eigenvalue weighted by molar-refractivity contribution is -0.384. The number of nitro benzene ring substituents is 1. The van der Waals surface area contributed by atoms with Crippen molar-refractivity contribution in [3.8, 4) is 0 Å². The Morgan fingerprint density at radius 1 is 0.844 bits per heavy atom. The fourth-order valence-electron chi connectivity index (χ4n) is 4.05. The van der Waals surface area contributed by atoms with Gasteiger partial charge in [-0.15, -0.1) is 0 Å². The molecule has 0 spiro atoms. The Labute approximate surface area is 187 Å². The minimum Gasteiger partial charge on any atom is -0.273 e. The third-order valence-corrected chi connectivity index (χ3v) is 5.78. The highest BCUT2D eigenvalue weighted by Crippen LogP contribution is 2.39. The summed E-state index contributed by atoms with van der Waals surface area (Å²) in [5, 5.41) is 17.7. The van der Waals surface area contributed by atoms with Crippen LogP contribution < -0.4 is 9.91 Å². The van der Waals surface area contributed by atoms with Crippen LogP contribution in [-0.4, -0.2) is 28.5 Å². The summed E-state index contributed by atoms with van der Waals surface area (Å²) in [6.45, 7) is 0. The van der Waals surface area contributed by atoms with Crippen LogP contribution in [0.25, 0.3) is 0 Å². The number of imide groups is 1. The summed E-state index contributed by atoms with van der Waals surface area (Å²) < 4.78 is 0. The number of fused-ring (bicyclic) bond motifs is 1.